The number of methoxy groups -OCH3 is 1. The molecule has 0 unspecified atom stereocenters. The average Bonchev–Trinajstić information content (AvgIpc) is 2.66. The number of fused-ring (bicyclic) bond motifs is 1. The summed E-state index contributed by atoms with van der Waals surface area (Å²) in [6, 6.07) is 3.95. The van der Waals surface area contributed by atoms with Crippen molar-refractivity contribution in [2.75, 3.05) is 7.11 Å². The number of imidazole rings is 1. The molecule has 0 atom stereocenters. The highest BCUT2D eigenvalue weighted by Crippen LogP contribution is 2.25. The zero-order valence-electron chi connectivity index (χ0n) is 9.43. The molecule has 0 aliphatic rings. The maximum absolute atomic E-state index is 9.03. The molecule has 82 valence electrons. The molecule has 0 aliphatic carbocycles. The van der Waals surface area contributed by atoms with Crippen LogP contribution in [-0.4, -0.2) is 21.6 Å². The highest BCUT2D eigenvalue weighted by atomic mass is 16.5. The van der Waals surface area contributed by atoms with E-state index in [1.165, 1.54) is 0 Å². The molecule has 2 heterocycles. The highest BCUT2D eigenvalue weighted by molar-refractivity contribution is 5.79. The summed E-state index contributed by atoms with van der Waals surface area (Å²) in [7, 11) is 1.58. The maximum Gasteiger partial charge on any atom is 0.215 e. The first-order valence-corrected chi connectivity index (χ1v) is 5.00. The van der Waals surface area contributed by atoms with Crippen molar-refractivity contribution in [3.63, 3.8) is 0 Å². The number of hydrogen-bond donors (Lipinski definition) is 0. The smallest absolute Gasteiger partial charge is 0.215 e. The quantitative estimate of drug-likeness (QED) is 0.769. The van der Waals surface area contributed by atoms with E-state index >= 15 is 0 Å². The lowest BCUT2D eigenvalue weighted by molar-refractivity contribution is 0.418. The van der Waals surface area contributed by atoms with Crippen molar-refractivity contribution >= 4 is 11.2 Å². The van der Waals surface area contributed by atoms with Crippen LogP contribution < -0.4 is 4.74 Å². The van der Waals surface area contributed by atoms with Crippen molar-refractivity contribution in [1.82, 2.24) is 14.5 Å². The fourth-order valence-electron chi connectivity index (χ4n) is 1.70. The summed E-state index contributed by atoms with van der Waals surface area (Å²) in [6.45, 7) is 3.98. The summed E-state index contributed by atoms with van der Waals surface area (Å²) in [6.07, 6.45) is 1.66. The van der Waals surface area contributed by atoms with Crippen LogP contribution in [0.1, 0.15) is 25.7 Å². The summed E-state index contributed by atoms with van der Waals surface area (Å²) in [4.78, 5) is 8.49. The molecule has 5 nitrogen and oxygen atoms in total. The molecule has 0 saturated heterocycles. The summed E-state index contributed by atoms with van der Waals surface area (Å²) in [5, 5.41) is 9.03. The zero-order valence-corrected chi connectivity index (χ0v) is 9.43. The number of rotatable bonds is 2. The topological polar surface area (TPSA) is 63.7 Å². The van der Waals surface area contributed by atoms with E-state index in [0.717, 1.165) is 0 Å². The molecule has 0 aromatic carbocycles. The van der Waals surface area contributed by atoms with E-state index in [9.17, 15) is 0 Å². The zero-order chi connectivity index (χ0) is 11.7. The highest BCUT2D eigenvalue weighted by Gasteiger charge is 2.16. The Bertz CT molecular complexity index is 565. The van der Waals surface area contributed by atoms with Crippen LogP contribution in [0.3, 0.4) is 0 Å². The van der Waals surface area contributed by atoms with Crippen molar-refractivity contribution in [2.45, 2.75) is 19.9 Å². The molecule has 0 bridgehead atoms. The summed E-state index contributed by atoms with van der Waals surface area (Å²) >= 11 is 0. The van der Waals surface area contributed by atoms with Gasteiger partial charge in [-0.15, -0.1) is 0 Å². The minimum absolute atomic E-state index is 0.138. The maximum atomic E-state index is 9.03. The number of pyridine rings is 1. The lowest BCUT2D eigenvalue weighted by atomic mass is 10.3. The molecule has 2 rings (SSSR count). The van der Waals surface area contributed by atoms with E-state index in [0.29, 0.717) is 22.7 Å². The molecule has 0 N–H and O–H groups in total. The van der Waals surface area contributed by atoms with E-state index in [-0.39, 0.29) is 6.04 Å². The van der Waals surface area contributed by atoms with Crippen LogP contribution in [0.25, 0.3) is 11.2 Å². The van der Waals surface area contributed by atoms with Crippen molar-refractivity contribution in [3.8, 4) is 11.8 Å². The molecule has 0 amide bonds. The molecule has 5 heteroatoms. The fraction of sp³-hybridized carbons (Fsp3) is 0.364. The molecule has 2 aromatic heterocycles. The second kappa shape index (κ2) is 3.81. The Morgan fingerprint density at radius 1 is 1.50 bits per heavy atom. The van der Waals surface area contributed by atoms with Crippen LogP contribution in [0.15, 0.2) is 12.3 Å². The monoisotopic (exact) mass is 216 g/mol. The minimum Gasteiger partial charge on any atom is -0.494 e. The van der Waals surface area contributed by atoms with Gasteiger partial charge in [-0.3, -0.25) is 4.57 Å². The van der Waals surface area contributed by atoms with E-state index in [1.54, 1.807) is 23.9 Å². The van der Waals surface area contributed by atoms with Crippen LogP contribution in [0, 0.1) is 11.3 Å². The van der Waals surface area contributed by atoms with Crippen LogP contribution in [0.2, 0.25) is 0 Å². The Kier molecular flexibility index (Phi) is 2.49. The Hall–Kier alpha value is -2.09. The van der Waals surface area contributed by atoms with Crippen LogP contribution >= 0.6 is 0 Å². The van der Waals surface area contributed by atoms with Gasteiger partial charge in [-0.25, -0.2) is 9.97 Å². The first-order chi connectivity index (χ1) is 7.69. The first kappa shape index (κ1) is 10.4. The van der Waals surface area contributed by atoms with Gasteiger partial charge in [0, 0.05) is 18.3 Å². The van der Waals surface area contributed by atoms with Gasteiger partial charge in [0.2, 0.25) is 5.82 Å². The summed E-state index contributed by atoms with van der Waals surface area (Å²) in [5.74, 6) is 1.00. The number of hydrogen-bond acceptors (Lipinski definition) is 4. The van der Waals surface area contributed by atoms with E-state index in [1.807, 2.05) is 13.8 Å². The van der Waals surface area contributed by atoms with Gasteiger partial charge in [0.05, 0.1) is 7.11 Å². The van der Waals surface area contributed by atoms with Crippen molar-refractivity contribution in [2.24, 2.45) is 0 Å². The Labute approximate surface area is 93.3 Å². The van der Waals surface area contributed by atoms with Gasteiger partial charge < -0.3 is 4.74 Å². The lowest BCUT2D eigenvalue weighted by Crippen LogP contribution is -2.04. The third-order valence-corrected chi connectivity index (χ3v) is 2.38. The van der Waals surface area contributed by atoms with E-state index < -0.39 is 0 Å². The van der Waals surface area contributed by atoms with E-state index in [2.05, 4.69) is 16.0 Å². The largest absolute Gasteiger partial charge is 0.494 e. The molecular formula is C11H12N4O. The Morgan fingerprint density at radius 2 is 2.25 bits per heavy atom. The molecule has 0 saturated carbocycles. The molecule has 0 radical (unpaired) electrons. The predicted octanol–water partition coefficient (Wildman–Crippen LogP) is 1.89. The molecule has 2 aromatic rings. The molecule has 0 aliphatic heterocycles. The van der Waals surface area contributed by atoms with Gasteiger partial charge in [-0.1, -0.05) is 0 Å². The lowest BCUT2D eigenvalue weighted by Gasteiger charge is -2.08. The van der Waals surface area contributed by atoms with Crippen molar-refractivity contribution in [3.05, 3.63) is 18.1 Å². The Morgan fingerprint density at radius 3 is 2.81 bits per heavy atom. The van der Waals surface area contributed by atoms with Gasteiger partial charge in [-0.2, -0.15) is 5.26 Å². The van der Waals surface area contributed by atoms with Crippen LogP contribution in [-0.2, 0) is 0 Å². The first-order valence-electron chi connectivity index (χ1n) is 5.00. The minimum atomic E-state index is 0.138. The SMILES string of the molecule is COc1ccnc2c1nc(C#N)n2C(C)C. The molecule has 0 fully saturated rings. The average molecular weight is 216 g/mol. The summed E-state index contributed by atoms with van der Waals surface area (Å²) < 4.78 is 7.00. The summed E-state index contributed by atoms with van der Waals surface area (Å²) in [5.41, 5.74) is 1.32. The van der Waals surface area contributed by atoms with Crippen molar-refractivity contribution in [1.29, 1.82) is 5.26 Å². The Balaban J connectivity index is 2.84. The van der Waals surface area contributed by atoms with Gasteiger partial charge in [0.1, 0.15) is 11.8 Å². The normalized spacial score (nSPS) is 10.7. The standard InChI is InChI=1S/C11H12N4O/c1-7(2)15-9(6-12)14-10-8(16-3)4-5-13-11(10)15/h4-5,7H,1-3H3. The van der Waals surface area contributed by atoms with Crippen LogP contribution in [0.5, 0.6) is 5.75 Å². The number of nitriles is 1. The second-order valence-corrected chi connectivity index (χ2v) is 3.70. The fourth-order valence-corrected chi connectivity index (χ4v) is 1.70. The van der Waals surface area contributed by atoms with E-state index in [4.69, 9.17) is 10.00 Å². The second-order valence-electron chi connectivity index (χ2n) is 3.70. The number of ether oxygens (including phenoxy) is 1. The predicted molar refractivity (Wildman–Crippen MR) is 59.2 cm³/mol. The number of aromatic nitrogens is 3. The molecular weight excluding hydrogens is 204 g/mol. The number of nitrogens with zero attached hydrogens (tertiary/aromatic N) is 4. The third kappa shape index (κ3) is 1.39. The van der Waals surface area contributed by atoms with Crippen LogP contribution in [0.4, 0.5) is 0 Å². The van der Waals surface area contributed by atoms with Gasteiger partial charge >= 0.3 is 0 Å². The van der Waals surface area contributed by atoms with Crippen molar-refractivity contribution < 1.29 is 4.74 Å². The van der Waals surface area contributed by atoms with Gasteiger partial charge in [0.25, 0.3) is 0 Å². The van der Waals surface area contributed by atoms with Gasteiger partial charge in [0.15, 0.2) is 11.2 Å². The molecule has 16 heavy (non-hydrogen) atoms. The van der Waals surface area contributed by atoms with Gasteiger partial charge in [-0.05, 0) is 13.8 Å². The molecule has 0 spiro atoms. The third-order valence-electron chi connectivity index (χ3n) is 2.38.